The van der Waals surface area contributed by atoms with Crippen molar-refractivity contribution in [3.63, 3.8) is 0 Å². The van der Waals surface area contributed by atoms with Gasteiger partial charge in [0, 0.05) is 18.3 Å². The van der Waals surface area contributed by atoms with Gasteiger partial charge in [-0.3, -0.25) is 0 Å². The molecule has 1 aromatic rings. The average molecular weight is 230 g/mol. The summed E-state index contributed by atoms with van der Waals surface area (Å²) in [5.41, 5.74) is 1.57. The van der Waals surface area contributed by atoms with E-state index >= 15 is 0 Å². The van der Waals surface area contributed by atoms with E-state index in [0.29, 0.717) is 11.6 Å². The molecule has 4 nitrogen and oxygen atoms in total. The number of aryl methyl sites for hydroxylation is 1. The highest BCUT2D eigenvalue weighted by molar-refractivity contribution is 5.52. The Kier molecular flexibility index (Phi) is 3.60. The van der Waals surface area contributed by atoms with Crippen LogP contribution in [0.4, 0.5) is 5.82 Å². The highest BCUT2D eigenvalue weighted by Gasteiger charge is 2.18. The molecule has 4 heteroatoms. The first-order valence-electron chi connectivity index (χ1n) is 6.02. The first-order chi connectivity index (χ1) is 8.19. The zero-order chi connectivity index (χ0) is 12.3. The van der Waals surface area contributed by atoms with E-state index in [9.17, 15) is 0 Å². The maximum Gasteiger partial charge on any atom is 0.144 e. The van der Waals surface area contributed by atoms with Crippen molar-refractivity contribution in [1.29, 1.82) is 5.26 Å². The van der Waals surface area contributed by atoms with Crippen molar-refractivity contribution < 1.29 is 0 Å². The van der Waals surface area contributed by atoms with Crippen LogP contribution in [-0.4, -0.2) is 36.1 Å². The lowest BCUT2D eigenvalue weighted by atomic mass is 10.1. The number of nitriles is 1. The molecule has 1 aliphatic heterocycles. The largest absolute Gasteiger partial charge is 0.365 e. The second kappa shape index (κ2) is 5.15. The van der Waals surface area contributed by atoms with Crippen LogP contribution in [0, 0.1) is 18.3 Å². The molecule has 0 spiro atoms. The van der Waals surface area contributed by atoms with Gasteiger partial charge in [0.25, 0.3) is 0 Å². The molecule has 0 amide bonds. The Balaban J connectivity index is 2.12. The molecule has 0 saturated carbocycles. The predicted molar refractivity (Wildman–Crippen MR) is 67.8 cm³/mol. The minimum atomic E-state index is 0.398. The van der Waals surface area contributed by atoms with Gasteiger partial charge >= 0.3 is 0 Å². The minimum absolute atomic E-state index is 0.398. The van der Waals surface area contributed by atoms with Crippen molar-refractivity contribution in [3.05, 3.63) is 23.4 Å². The van der Waals surface area contributed by atoms with Crippen molar-refractivity contribution in [1.82, 2.24) is 9.88 Å². The van der Waals surface area contributed by atoms with Gasteiger partial charge in [0.1, 0.15) is 11.9 Å². The molecule has 90 valence electrons. The maximum absolute atomic E-state index is 9.05. The van der Waals surface area contributed by atoms with Gasteiger partial charge in [-0.15, -0.1) is 0 Å². The van der Waals surface area contributed by atoms with E-state index in [2.05, 4.69) is 28.3 Å². The molecule has 0 bridgehead atoms. The van der Waals surface area contributed by atoms with Crippen molar-refractivity contribution in [2.45, 2.75) is 25.8 Å². The molecule has 1 unspecified atom stereocenters. The summed E-state index contributed by atoms with van der Waals surface area (Å²) in [5.74, 6) is 0.729. The molecule has 1 aromatic heterocycles. The third kappa shape index (κ3) is 2.95. The van der Waals surface area contributed by atoms with Gasteiger partial charge in [-0.05, 0) is 45.5 Å². The fraction of sp³-hybridized carbons (Fsp3) is 0.538. The third-order valence-corrected chi connectivity index (χ3v) is 3.12. The van der Waals surface area contributed by atoms with Gasteiger partial charge in [0.05, 0.1) is 5.56 Å². The summed E-state index contributed by atoms with van der Waals surface area (Å²) in [6, 6.07) is 6.29. The van der Waals surface area contributed by atoms with E-state index in [4.69, 9.17) is 5.26 Å². The van der Waals surface area contributed by atoms with Crippen molar-refractivity contribution in [2.75, 3.05) is 25.5 Å². The number of hydrogen-bond donors (Lipinski definition) is 1. The number of nitrogens with one attached hydrogen (secondary N) is 1. The number of likely N-dealkylation sites (tertiary alicyclic amines) is 1. The number of rotatable bonds is 2. The Bertz CT molecular complexity index is 436. The van der Waals surface area contributed by atoms with Gasteiger partial charge in [-0.1, -0.05) is 0 Å². The Morgan fingerprint density at radius 3 is 3.06 bits per heavy atom. The zero-order valence-electron chi connectivity index (χ0n) is 10.4. The fourth-order valence-electron chi connectivity index (χ4n) is 2.23. The SMILES string of the molecule is Cc1ccc(C#N)c(NC2CCCN(C)C2)n1. The number of pyridine rings is 1. The average Bonchev–Trinajstić information content (AvgIpc) is 2.29. The monoisotopic (exact) mass is 230 g/mol. The zero-order valence-corrected chi connectivity index (χ0v) is 10.4. The van der Waals surface area contributed by atoms with Crippen LogP contribution in [0.15, 0.2) is 12.1 Å². The quantitative estimate of drug-likeness (QED) is 0.841. The topological polar surface area (TPSA) is 52.0 Å². The molecule has 0 radical (unpaired) electrons. The summed E-state index contributed by atoms with van der Waals surface area (Å²) < 4.78 is 0. The van der Waals surface area contributed by atoms with Crippen LogP contribution >= 0.6 is 0 Å². The van der Waals surface area contributed by atoms with Gasteiger partial charge in [0.2, 0.25) is 0 Å². The lowest BCUT2D eigenvalue weighted by Gasteiger charge is -2.30. The number of hydrogen-bond acceptors (Lipinski definition) is 4. The van der Waals surface area contributed by atoms with Crippen LogP contribution < -0.4 is 5.32 Å². The van der Waals surface area contributed by atoms with E-state index in [-0.39, 0.29) is 0 Å². The van der Waals surface area contributed by atoms with E-state index in [0.717, 1.165) is 31.0 Å². The van der Waals surface area contributed by atoms with E-state index < -0.39 is 0 Å². The molecular weight excluding hydrogens is 212 g/mol. The lowest BCUT2D eigenvalue weighted by Crippen LogP contribution is -2.40. The summed E-state index contributed by atoms with van der Waals surface area (Å²) in [4.78, 5) is 6.72. The van der Waals surface area contributed by atoms with E-state index in [1.165, 1.54) is 6.42 Å². The van der Waals surface area contributed by atoms with Crippen LogP contribution in [0.2, 0.25) is 0 Å². The molecule has 0 aromatic carbocycles. The molecule has 0 aliphatic carbocycles. The molecular formula is C13H18N4. The van der Waals surface area contributed by atoms with Crippen LogP contribution in [0.25, 0.3) is 0 Å². The van der Waals surface area contributed by atoms with Gasteiger partial charge in [-0.25, -0.2) is 4.98 Å². The summed E-state index contributed by atoms with van der Waals surface area (Å²) in [5, 5.41) is 12.4. The highest BCUT2D eigenvalue weighted by Crippen LogP contribution is 2.17. The Morgan fingerprint density at radius 1 is 1.53 bits per heavy atom. The number of aromatic nitrogens is 1. The first kappa shape index (κ1) is 11.9. The smallest absolute Gasteiger partial charge is 0.144 e. The Morgan fingerprint density at radius 2 is 2.35 bits per heavy atom. The predicted octanol–water partition coefficient (Wildman–Crippen LogP) is 1.77. The molecule has 1 N–H and O–H groups in total. The standard InChI is InChI=1S/C13H18N4/c1-10-5-6-11(8-14)13(15-10)16-12-4-3-7-17(2)9-12/h5-6,12H,3-4,7,9H2,1-2H3,(H,15,16). The van der Waals surface area contributed by atoms with Crippen molar-refractivity contribution in [3.8, 4) is 6.07 Å². The Labute approximate surface area is 102 Å². The number of likely N-dealkylation sites (N-methyl/N-ethyl adjacent to an activating group) is 1. The summed E-state index contributed by atoms with van der Waals surface area (Å²) >= 11 is 0. The number of piperidine rings is 1. The van der Waals surface area contributed by atoms with Crippen molar-refractivity contribution in [2.24, 2.45) is 0 Å². The van der Waals surface area contributed by atoms with Gasteiger partial charge in [-0.2, -0.15) is 5.26 Å². The normalized spacial score (nSPS) is 20.9. The molecule has 17 heavy (non-hydrogen) atoms. The van der Waals surface area contributed by atoms with Crippen molar-refractivity contribution >= 4 is 5.82 Å². The molecule has 1 atom stereocenters. The Hall–Kier alpha value is -1.60. The van der Waals surface area contributed by atoms with Crippen LogP contribution in [0.1, 0.15) is 24.1 Å². The van der Waals surface area contributed by atoms with E-state index in [1.807, 2.05) is 19.1 Å². The van der Waals surface area contributed by atoms with Crippen LogP contribution in [-0.2, 0) is 0 Å². The molecule has 1 aliphatic rings. The summed E-state index contributed by atoms with van der Waals surface area (Å²) in [6.07, 6.45) is 2.34. The minimum Gasteiger partial charge on any atom is -0.365 e. The van der Waals surface area contributed by atoms with Crippen LogP contribution in [0.5, 0.6) is 0 Å². The summed E-state index contributed by atoms with van der Waals surface area (Å²) in [7, 11) is 2.13. The third-order valence-electron chi connectivity index (χ3n) is 3.12. The second-order valence-electron chi connectivity index (χ2n) is 4.71. The first-order valence-corrected chi connectivity index (χ1v) is 6.02. The van der Waals surface area contributed by atoms with Crippen LogP contribution in [0.3, 0.4) is 0 Å². The number of nitrogens with zero attached hydrogens (tertiary/aromatic N) is 3. The van der Waals surface area contributed by atoms with Gasteiger partial charge in [0.15, 0.2) is 0 Å². The number of anilines is 1. The highest BCUT2D eigenvalue weighted by atomic mass is 15.1. The summed E-state index contributed by atoms with van der Waals surface area (Å²) in [6.45, 7) is 4.12. The second-order valence-corrected chi connectivity index (χ2v) is 4.71. The molecule has 1 saturated heterocycles. The maximum atomic E-state index is 9.05. The lowest BCUT2D eigenvalue weighted by molar-refractivity contribution is 0.260. The molecule has 2 heterocycles. The molecule has 1 fully saturated rings. The van der Waals surface area contributed by atoms with E-state index in [1.54, 1.807) is 0 Å². The molecule has 2 rings (SSSR count). The fourth-order valence-corrected chi connectivity index (χ4v) is 2.23. The van der Waals surface area contributed by atoms with Gasteiger partial charge < -0.3 is 10.2 Å².